The van der Waals surface area contributed by atoms with Crippen LogP contribution in [-0.4, -0.2) is 34.4 Å². The summed E-state index contributed by atoms with van der Waals surface area (Å²) in [5, 5.41) is 9.73. The van der Waals surface area contributed by atoms with Gasteiger partial charge in [0.2, 0.25) is 5.91 Å². The minimum Gasteiger partial charge on any atom is -0.445 e. The number of hydrogen-bond acceptors (Lipinski definition) is 4. The zero-order valence-corrected chi connectivity index (χ0v) is 16.7. The summed E-state index contributed by atoms with van der Waals surface area (Å²) in [6, 6.07) is 20.1. The summed E-state index contributed by atoms with van der Waals surface area (Å²) >= 11 is 0. The van der Waals surface area contributed by atoms with Crippen molar-refractivity contribution in [3.05, 3.63) is 90.3 Å². The van der Waals surface area contributed by atoms with E-state index in [1.54, 1.807) is 6.20 Å². The van der Waals surface area contributed by atoms with E-state index >= 15 is 0 Å². The van der Waals surface area contributed by atoms with Crippen molar-refractivity contribution >= 4 is 12.0 Å². The molecule has 1 heterocycles. The maximum atomic E-state index is 12.7. The lowest BCUT2D eigenvalue weighted by atomic mass is 10.1. The lowest BCUT2D eigenvalue weighted by molar-refractivity contribution is -0.123. The third-order valence-electron chi connectivity index (χ3n) is 4.53. The molecule has 7 heteroatoms. The molecule has 1 unspecified atom stereocenters. The largest absolute Gasteiger partial charge is 0.445 e. The Morgan fingerprint density at radius 1 is 0.967 bits per heavy atom. The van der Waals surface area contributed by atoms with E-state index in [0.717, 1.165) is 17.5 Å². The van der Waals surface area contributed by atoms with Gasteiger partial charge in [0, 0.05) is 31.9 Å². The highest BCUT2D eigenvalue weighted by molar-refractivity contribution is 5.85. The average molecular weight is 406 g/mol. The number of rotatable bonds is 10. The molecule has 0 aliphatic carbocycles. The number of benzene rings is 2. The molecule has 3 aromatic rings. The zero-order chi connectivity index (χ0) is 21.0. The van der Waals surface area contributed by atoms with Gasteiger partial charge in [-0.1, -0.05) is 60.7 Å². The summed E-state index contributed by atoms with van der Waals surface area (Å²) in [5.74, 6) is -0.240. The molecular weight excluding hydrogens is 380 g/mol. The second-order valence-corrected chi connectivity index (χ2v) is 6.86. The molecule has 0 aliphatic heterocycles. The molecule has 1 aromatic heterocycles. The van der Waals surface area contributed by atoms with E-state index in [0.29, 0.717) is 19.5 Å². The lowest BCUT2D eigenvalue weighted by Crippen LogP contribution is -2.48. The van der Waals surface area contributed by atoms with Gasteiger partial charge in [-0.3, -0.25) is 9.48 Å². The molecule has 2 N–H and O–H groups in total. The predicted molar refractivity (Wildman–Crippen MR) is 114 cm³/mol. The number of ether oxygens (including phenoxy) is 1. The van der Waals surface area contributed by atoms with E-state index in [9.17, 15) is 9.59 Å². The van der Waals surface area contributed by atoms with Crippen LogP contribution >= 0.6 is 0 Å². The minimum absolute atomic E-state index is 0.149. The molecule has 156 valence electrons. The van der Waals surface area contributed by atoms with Crippen molar-refractivity contribution in [2.75, 3.05) is 6.54 Å². The van der Waals surface area contributed by atoms with Crippen LogP contribution in [0.4, 0.5) is 4.79 Å². The normalized spacial score (nSPS) is 11.5. The molecule has 2 amide bonds. The third-order valence-corrected chi connectivity index (χ3v) is 4.53. The quantitative estimate of drug-likeness (QED) is 0.507. The van der Waals surface area contributed by atoms with Gasteiger partial charge in [-0.2, -0.15) is 5.10 Å². The van der Waals surface area contributed by atoms with Gasteiger partial charge in [0.25, 0.3) is 0 Å². The first-order valence-electron chi connectivity index (χ1n) is 9.97. The first-order valence-corrected chi connectivity index (χ1v) is 9.97. The van der Waals surface area contributed by atoms with Gasteiger partial charge in [-0.15, -0.1) is 0 Å². The van der Waals surface area contributed by atoms with E-state index in [2.05, 4.69) is 15.7 Å². The number of hydrogen-bond donors (Lipinski definition) is 2. The van der Waals surface area contributed by atoms with E-state index in [-0.39, 0.29) is 12.5 Å². The number of carbonyl (C=O) groups excluding carboxylic acids is 2. The van der Waals surface area contributed by atoms with Crippen LogP contribution in [0.3, 0.4) is 0 Å². The standard InChI is InChI=1S/C23H26N4O3/c28-22(24-13-7-15-27-16-8-14-25-27)21(17-19-9-3-1-4-10-19)26-23(29)30-18-20-11-5-2-6-12-20/h1-6,8-12,14,16,21H,7,13,15,17-18H2,(H,24,28)(H,26,29). The molecule has 0 saturated carbocycles. The number of nitrogens with one attached hydrogen (secondary N) is 2. The number of nitrogens with zero attached hydrogens (tertiary/aromatic N) is 2. The summed E-state index contributed by atoms with van der Waals surface area (Å²) in [4.78, 5) is 25.0. The summed E-state index contributed by atoms with van der Waals surface area (Å²) < 4.78 is 7.09. The first-order chi connectivity index (χ1) is 14.7. The summed E-state index contributed by atoms with van der Waals surface area (Å²) in [7, 11) is 0. The second-order valence-electron chi connectivity index (χ2n) is 6.86. The lowest BCUT2D eigenvalue weighted by Gasteiger charge is -2.18. The maximum absolute atomic E-state index is 12.7. The molecule has 7 nitrogen and oxygen atoms in total. The van der Waals surface area contributed by atoms with Gasteiger partial charge in [-0.05, 0) is 23.6 Å². The first kappa shape index (κ1) is 21.1. The molecule has 30 heavy (non-hydrogen) atoms. The SMILES string of the molecule is O=C(NC(Cc1ccccc1)C(=O)NCCCn1cccn1)OCc1ccccc1. The van der Waals surface area contributed by atoms with Crippen LogP contribution in [0.1, 0.15) is 17.5 Å². The Morgan fingerprint density at radius 2 is 1.67 bits per heavy atom. The monoisotopic (exact) mass is 406 g/mol. The van der Waals surface area contributed by atoms with E-state index in [1.807, 2.05) is 77.6 Å². The Bertz CT molecular complexity index is 899. The van der Waals surface area contributed by atoms with Gasteiger partial charge >= 0.3 is 6.09 Å². The molecular formula is C23H26N4O3. The van der Waals surface area contributed by atoms with Crippen molar-refractivity contribution in [1.29, 1.82) is 0 Å². The van der Waals surface area contributed by atoms with Gasteiger partial charge in [-0.25, -0.2) is 4.79 Å². The fraction of sp³-hybridized carbons (Fsp3) is 0.261. The van der Waals surface area contributed by atoms with Gasteiger partial charge < -0.3 is 15.4 Å². The maximum Gasteiger partial charge on any atom is 0.408 e. The molecule has 0 fully saturated rings. The van der Waals surface area contributed by atoms with Crippen LogP contribution in [0.25, 0.3) is 0 Å². The van der Waals surface area contributed by atoms with Crippen molar-refractivity contribution in [3.8, 4) is 0 Å². The second kappa shape index (κ2) is 11.4. The fourth-order valence-corrected chi connectivity index (χ4v) is 2.97. The van der Waals surface area contributed by atoms with E-state index < -0.39 is 12.1 Å². The minimum atomic E-state index is -0.722. The topological polar surface area (TPSA) is 85.3 Å². The number of amides is 2. The van der Waals surface area contributed by atoms with Crippen LogP contribution in [-0.2, 0) is 29.1 Å². The van der Waals surface area contributed by atoms with Gasteiger partial charge in [0.15, 0.2) is 0 Å². The molecule has 0 saturated heterocycles. The summed E-state index contributed by atoms with van der Waals surface area (Å²) in [5.41, 5.74) is 1.84. The highest BCUT2D eigenvalue weighted by Gasteiger charge is 2.21. The predicted octanol–water partition coefficient (Wildman–Crippen LogP) is 2.93. The van der Waals surface area contributed by atoms with Crippen LogP contribution in [0, 0.1) is 0 Å². The van der Waals surface area contributed by atoms with Crippen molar-refractivity contribution in [1.82, 2.24) is 20.4 Å². The Hall–Kier alpha value is -3.61. The van der Waals surface area contributed by atoms with Gasteiger partial charge in [0.1, 0.15) is 12.6 Å². The fourth-order valence-electron chi connectivity index (χ4n) is 2.97. The molecule has 0 spiro atoms. The summed E-state index contributed by atoms with van der Waals surface area (Å²) in [6.07, 6.45) is 4.10. The van der Waals surface area contributed by atoms with Crippen molar-refractivity contribution in [2.24, 2.45) is 0 Å². The van der Waals surface area contributed by atoms with Gasteiger partial charge in [0.05, 0.1) is 0 Å². The summed E-state index contributed by atoms with van der Waals surface area (Å²) in [6.45, 7) is 1.35. The number of carbonyl (C=O) groups is 2. The van der Waals surface area contributed by atoms with E-state index in [4.69, 9.17) is 4.74 Å². The molecule has 0 bridgehead atoms. The highest BCUT2D eigenvalue weighted by Crippen LogP contribution is 2.05. The Labute approximate surface area is 176 Å². The highest BCUT2D eigenvalue weighted by atomic mass is 16.5. The van der Waals surface area contributed by atoms with Crippen molar-refractivity contribution < 1.29 is 14.3 Å². The Kier molecular flexibility index (Phi) is 8.02. The van der Waals surface area contributed by atoms with Crippen molar-refractivity contribution in [2.45, 2.75) is 32.0 Å². The van der Waals surface area contributed by atoms with Crippen LogP contribution in [0.2, 0.25) is 0 Å². The molecule has 3 rings (SSSR count). The Balaban J connectivity index is 1.52. The van der Waals surface area contributed by atoms with Crippen molar-refractivity contribution in [3.63, 3.8) is 0 Å². The number of aryl methyl sites for hydroxylation is 1. The molecule has 0 radical (unpaired) electrons. The third kappa shape index (κ3) is 7.09. The number of aromatic nitrogens is 2. The van der Waals surface area contributed by atoms with Crippen LogP contribution < -0.4 is 10.6 Å². The molecule has 0 aliphatic rings. The number of alkyl carbamates (subject to hydrolysis) is 1. The van der Waals surface area contributed by atoms with E-state index in [1.165, 1.54) is 0 Å². The molecule has 2 aromatic carbocycles. The molecule has 1 atom stereocenters. The van der Waals surface area contributed by atoms with Crippen LogP contribution in [0.5, 0.6) is 0 Å². The smallest absolute Gasteiger partial charge is 0.408 e. The Morgan fingerprint density at radius 3 is 2.33 bits per heavy atom. The average Bonchev–Trinajstić information content (AvgIpc) is 3.30. The zero-order valence-electron chi connectivity index (χ0n) is 16.7. The van der Waals surface area contributed by atoms with Crippen LogP contribution in [0.15, 0.2) is 79.1 Å².